The number of aromatic hydroxyl groups is 1. The van der Waals surface area contributed by atoms with Crippen molar-refractivity contribution in [3.63, 3.8) is 0 Å². The number of hydrogen-bond donors (Lipinski definition) is 2. The van der Waals surface area contributed by atoms with Gasteiger partial charge in [0.1, 0.15) is 0 Å². The lowest BCUT2D eigenvalue weighted by Crippen LogP contribution is -1.99. The Kier molecular flexibility index (Phi) is 3.96. The minimum Gasteiger partial charge on any atom is -0.504 e. The van der Waals surface area contributed by atoms with Gasteiger partial charge in [0.15, 0.2) is 11.5 Å². The van der Waals surface area contributed by atoms with Crippen LogP contribution in [0, 0.1) is 0 Å². The van der Waals surface area contributed by atoms with Crippen LogP contribution in [0.4, 0.5) is 0 Å². The Morgan fingerprint density at radius 1 is 1.53 bits per heavy atom. The summed E-state index contributed by atoms with van der Waals surface area (Å²) in [6, 6.07) is 3.26. The number of phenols is 1. The third-order valence-corrected chi connectivity index (χ3v) is 2.70. The molecule has 0 amide bonds. The van der Waals surface area contributed by atoms with E-state index in [4.69, 9.17) is 9.94 Å². The van der Waals surface area contributed by atoms with Crippen molar-refractivity contribution in [3.8, 4) is 11.5 Å². The highest BCUT2D eigenvalue weighted by atomic mass is 79.9. The van der Waals surface area contributed by atoms with Crippen LogP contribution in [0.2, 0.25) is 0 Å². The van der Waals surface area contributed by atoms with Crippen molar-refractivity contribution in [1.82, 2.24) is 0 Å². The van der Waals surface area contributed by atoms with E-state index >= 15 is 0 Å². The lowest BCUT2D eigenvalue weighted by atomic mass is 10.1. The summed E-state index contributed by atoms with van der Waals surface area (Å²) in [5, 5.41) is 21.2. The summed E-state index contributed by atoms with van der Waals surface area (Å²) in [5.41, 5.74) is 1.41. The largest absolute Gasteiger partial charge is 0.504 e. The first-order valence-corrected chi connectivity index (χ1v) is 5.10. The molecule has 0 spiro atoms. The fourth-order valence-corrected chi connectivity index (χ4v) is 1.66. The van der Waals surface area contributed by atoms with Gasteiger partial charge in [-0.05, 0) is 24.6 Å². The van der Waals surface area contributed by atoms with Crippen LogP contribution in [0.5, 0.6) is 11.5 Å². The van der Waals surface area contributed by atoms with Gasteiger partial charge in [-0.15, -0.1) is 0 Å². The molecular weight excluding hydrogens is 262 g/mol. The quantitative estimate of drug-likeness (QED) is 0.506. The van der Waals surface area contributed by atoms with Gasteiger partial charge in [-0.2, -0.15) is 0 Å². The highest BCUT2D eigenvalue weighted by Crippen LogP contribution is 2.32. The average molecular weight is 274 g/mol. The highest BCUT2D eigenvalue weighted by Gasteiger charge is 2.08. The molecular formula is C10H12BrNO3. The molecule has 1 aromatic rings. The second-order valence-electron chi connectivity index (χ2n) is 3.13. The maximum Gasteiger partial charge on any atom is 0.161 e. The zero-order chi connectivity index (χ0) is 11.4. The minimum atomic E-state index is 0.0708. The molecule has 0 atom stereocenters. The third kappa shape index (κ3) is 2.86. The van der Waals surface area contributed by atoms with Gasteiger partial charge < -0.3 is 15.1 Å². The van der Waals surface area contributed by atoms with Crippen LogP contribution in [-0.4, -0.2) is 23.1 Å². The molecule has 0 aliphatic heterocycles. The van der Waals surface area contributed by atoms with E-state index < -0.39 is 0 Å². The predicted octanol–water partition coefficient (Wildman–Crippen LogP) is 2.56. The summed E-state index contributed by atoms with van der Waals surface area (Å²) in [5.74, 6) is 0.477. The van der Waals surface area contributed by atoms with E-state index in [9.17, 15) is 5.11 Å². The Morgan fingerprint density at radius 3 is 2.73 bits per heavy atom. The maximum absolute atomic E-state index is 9.55. The van der Waals surface area contributed by atoms with E-state index in [1.165, 1.54) is 7.11 Å². The van der Waals surface area contributed by atoms with Crippen molar-refractivity contribution < 1.29 is 15.1 Å². The minimum absolute atomic E-state index is 0.0708. The summed E-state index contributed by atoms with van der Waals surface area (Å²) >= 11 is 3.35. The van der Waals surface area contributed by atoms with Crippen molar-refractivity contribution in [2.75, 3.05) is 7.11 Å². The number of rotatable bonds is 3. The molecule has 0 unspecified atom stereocenters. The lowest BCUT2D eigenvalue weighted by molar-refractivity contribution is 0.317. The summed E-state index contributed by atoms with van der Waals surface area (Å²) in [4.78, 5) is 0. The van der Waals surface area contributed by atoms with Crippen LogP contribution in [0.3, 0.4) is 0 Å². The smallest absolute Gasteiger partial charge is 0.161 e. The van der Waals surface area contributed by atoms with Gasteiger partial charge in [0.2, 0.25) is 0 Å². The first-order chi connectivity index (χ1) is 7.08. The molecule has 1 aromatic carbocycles. The first kappa shape index (κ1) is 11.8. The van der Waals surface area contributed by atoms with Crippen molar-refractivity contribution in [2.45, 2.75) is 13.3 Å². The zero-order valence-corrected chi connectivity index (χ0v) is 10.1. The van der Waals surface area contributed by atoms with Crippen LogP contribution < -0.4 is 4.74 Å². The van der Waals surface area contributed by atoms with Gasteiger partial charge in [-0.1, -0.05) is 21.1 Å². The first-order valence-electron chi connectivity index (χ1n) is 4.31. The van der Waals surface area contributed by atoms with Crippen LogP contribution in [0.25, 0.3) is 0 Å². The molecule has 5 heteroatoms. The van der Waals surface area contributed by atoms with E-state index in [1.807, 2.05) is 0 Å². The van der Waals surface area contributed by atoms with E-state index in [0.717, 1.165) is 10.0 Å². The maximum atomic E-state index is 9.55. The lowest BCUT2D eigenvalue weighted by Gasteiger charge is -2.08. The fraction of sp³-hybridized carbons (Fsp3) is 0.300. The molecule has 15 heavy (non-hydrogen) atoms. The topological polar surface area (TPSA) is 62.0 Å². The summed E-state index contributed by atoms with van der Waals surface area (Å²) in [7, 11) is 1.49. The number of hydrogen-bond acceptors (Lipinski definition) is 4. The number of methoxy groups -OCH3 is 1. The van der Waals surface area contributed by atoms with Crippen LogP contribution in [0.1, 0.15) is 12.5 Å². The summed E-state index contributed by atoms with van der Waals surface area (Å²) in [6.07, 6.45) is 0.467. The molecule has 0 aromatic heterocycles. The Balaban J connectivity index is 3.05. The van der Waals surface area contributed by atoms with E-state index in [-0.39, 0.29) is 5.75 Å². The monoisotopic (exact) mass is 273 g/mol. The van der Waals surface area contributed by atoms with Gasteiger partial charge in [0.05, 0.1) is 12.8 Å². The summed E-state index contributed by atoms with van der Waals surface area (Å²) in [6.45, 7) is 1.70. The Labute approximate surface area is 96.3 Å². The highest BCUT2D eigenvalue weighted by molar-refractivity contribution is 9.10. The van der Waals surface area contributed by atoms with E-state index in [0.29, 0.717) is 17.9 Å². The molecule has 0 heterocycles. The van der Waals surface area contributed by atoms with Gasteiger partial charge in [-0.3, -0.25) is 0 Å². The number of halogens is 1. The number of phenolic OH excluding ortho intramolecular Hbond substituents is 1. The normalized spacial score (nSPS) is 11.5. The number of nitrogens with zero attached hydrogens (tertiary/aromatic N) is 1. The van der Waals surface area contributed by atoms with Crippen LogP contribution in [0.15, 0.2) is 21.8 Å². The van der Waals surface area contributed by atoms with Crippen LogP contribution >= 0.6 is 15.9 Å². The van der Waals surface area contributed by atoms with Crippen LogP contribution in [-0.2, 0) is 6.42 Å². The second kappa shape index (κ2) is 5.02. The fourth-order valence-electron chi connectivity index (χ4n) is 1.20. The molecule has 0 radical (unpaired) electrons. The number of ether oxygens (including phenoxy) is 1. The molecule has 0 bridgehead atoms. The van der Waals surface area contributed by atoms with Crippen molar-refractivity contribution in [3.05, 3.63) is 22.2 Å². The van der Waals surface area contributed by atoms with Crippen molar-refractivity contribution in [1.29, 1.82) is 0 Å². The molecule has 0 aliphatic rings. The third-order valence-electron chi connectivity index (χ3n) is 1.96. The average Bonchev–Trinajstić information content (AvgIpc) is 2.22. The van der Waals surface area contributed by atoms with E-state index in [1.54, 1.807) is 19.1 Å². The van der Waals surface area contributed by atoms with Crippen molar-refractivity contribution >= 4 is 21.6 Å². The Morgan fingerprint density at radius 2 is 2.20 bits per heavy atom. The molecule has 0 fully saturated rings. The van der Waals surface area contributed by atoms with Crippen molar-refractivity contribution in [2.24, 2.45) is 5.16 Å². The van der Waals surface area contributed by atoms with Gasteiger partial charge >= 0.3 is 0 Å². The predicted molar refractivity (Wildman–Crippen MR) is 61.0 cm³/mol. The second-order valence-corrected chi connectivity index (χ2v) is 3.98. The zero-order valence-electron chi connectivity index (χ0n) is 8.49. The van der Waals surface area contributed by atoms with E-state index in [2.05, 4.69) is 21.1 Å². The molecule has 2 N–H and O–H groups in total. The number of oxime groups is 1. The molecule has 82 valence electrons. The molecule has 0 aliphatic carbocycles. The Hall–Kier alpha value is -1.23. The molecule has 0 saturated heterocycles. The molecule has 4 nitrogen and oxygen atoms in total. The standard InChI is InChI=1S/C10H12BrNO3/c1-6(12-14)3-7-4-9(13)10(15-2)5-8(7)11/h4-5,13-14H,3H2,1-2H3/b12-6+. The van der Waals surface area contributed by atoms with Gasteiger partial charge in [0.25, 0.3) is 0 Å². The summed E-state index contributed by atoms with van der Waals surface area (Å²) < 4.78 is 5.76. The number of benzene rings is 1. The SMILES string of the molecule is COc1cc(Br)c(C/C(C)=N/O)cc1O. The van der Waals surface area contributed by atoms with Gasteiger partial charge in [-0.25, -0.2) is 0 Å². The molecule has 0 saturated carbocycles. The molecule has 1 rings (SSSR count). The van der Waals surface area contributed by atoms with Gasteiger partial charge in [0, 0.05) is 10.9 Å². The Bertz CT molecular complexity index is 390.